The minimum atomic E-state index is -0.530. The van der Waals surface area contributed by atoms with Crippen molar-refractivity contribution in [2.24, 2.45) is 5.41 Å². The lowest BCUT2D eigenvalue weighted by Crippen LogP contribution is -2.53. The van der Waals surface area contributed by atoms with Gasteiger partial charge < -0.3 is 15.4 Å². The molecular weight excluding hydrogens is 286 g/mol. The fourth-order valence-corrected chi connectivity index (χ4v) is 2.78. The molecule has 1 fully saturated rings. The monoisotopic (exact) mass is 307 g/mol. The van der Waals surface area contributed by atoms with E-state index in [4.69, 9.17) is 4.74 Å². The molecule has 0 bridgehead atoms. The molecule has 1 aliphatic rings. The van der Waals surface area contributed by atoms with Crippen LogP contribution < -0.4 is 15.4 Å². The number of anilines is 1. The number of carbonyl (C=O) groups excluding carboxylic acids is 1. The zero-order valence-corrected chi connectivity index (χ0v) is 13.0. The second kappa shape index (κ2) is 6.31. The predicted octanol–water partition coefficient (Wildman–Crippen LogP) is 2.32. The van der Waals surface area contributed by atoms with Crippen molar-refractivity contribution >= 4 is 17.3 Å². The smallest absolute Gasteiger partial charge is 0.312 e. The van der Waals surface area contributed by atoms with Gasteiger partial charge in [0.05, 0.1) is 18.1 Å². The van der Waals surface area contributed by atoms with Crippen LogP contribution in [0.2, 0.25) is 0 Å². The van der Waals surface area contributed by atoms with Gasteiger partial charge in [-0.15, -0.1) is 0 Å². The fourth-order valence-electron chi connectivity index (χ4n) is 2.78. The summed E-state index contributed by atoms with van der Waals surface area (Å²) in [6.07, 6.45) is 1.99. The van der Waals surface area contributed by atoms with Crippen molar-refractivity contribution in [3.63, 3.8) is 0 Å². The maximum atomic E-state index is 12.4. The van der Waals surface area contributed by atoms with Gasteiger partial charge >= 0.3 is 5.69 Å². The molecule has 22 heavy (non-hydrogen) atoms. The third-order valence-electron chi connectivity index (χ3n) is 4.03. The van der Waals surface area contributed by atoms with Gasteiger partial charge in [-0.3, -0.25) is 14.9 Å². The van der Waals surface area contributed by atoms with Crippen molar-refractivity contribution in [3.05, 3.63) is 28.3 Å². The van der Waals surface area contributed by atoms with Crippen LogP contribution in [0.25, 0.3) is 0 Å². The number of ether oxygens (including phenoxy) is 1. The molecule has 7 nitrogen and oxygen atoms in total. The largest absolute Gasteiger partial charge is 0.490 e. The number of carbonyl (C=O) groups is 1. The average molecular weight is 307 g/mol. The Morgan fingerprint density at radius 3 is 2.82 bits per heavy atom. The zero-order chi connectivity index (χ0) is 16.3. The van der Waals surface area contributed by atoms with Crippen LogP contribution in [0.3, 0.4) is 0 Å². The standard InChI is InChI=1S/C15H21N3O4/c1-15(2)7-4-8-16-13(15)14(19)17-10-5-6-12(22-3)11(9-10)18(20)21/h5-6,9,13,16H,4,7-8H2,1-3H3,(H,17,19). The Hall–Kier alpha value is -2.15. The summed E-state index contributed by atoms with van der Waals surface area (Å²) in [6, 6.07) is 4.07. The Kier molecular flexibility index (Phi) is 4.65. The second-order valence-electron chi connectivity index (χ2n) is 6.11. The number of nitro benzene ring substituents is 1. The molecule has 1 atom stereocenters. The zero-order valence-electron chi connectivity index (χ0n) is 13.0. The highest BCUT2D eigenvalue weighted by Gasteiger charge is 2.37. The topological polar surface area (TPSA) is 93.5 Å². The van der Waals surface area contributed by atoms with Crippen molar-refractivity contribution in [3.8, 4) is 5.75 Å². The van der Waals surface area contributed by atoms with Crippen LogP contribution in [0.15, 0.2) is 18.2 Å². The molecule has 1 unspecified atom stereocenters. The number of nitrogens with one attached hydrogen (secondary N) is 2. The van der Waals surface area contributed by atoms with Crippen molar-refractivity contribution in [2.75, 3.05) is 19.0 Å². The van der Waals surface area contributed by atoms with E-state index in [1.54, 1.807) is 6.07 Å². The van der Waals surface area contributed by atoms with Gasteiger partial charge in [0.2, 0.25) is 5.91 Å². The second-order valence-corrected chi connectivity index (χ2v) is 6.11. The van der Waals surface area contributed by atoms with E-state index in [9.17, 15) is 14.9 Å². The molecule has 0 saturated carbocycles. The molecule has 0 aromatic heterocycles. The van der Waals surface area contributed by atoms with E-state index < -0.39 is 4.92 Å². The van der Waals surface area contributed by atoms with Gasteiger partial charge in [-0.2, -0.15) is 0 Å². The molecule has 0 spiro atoms. The van der Waals surface area contributed by atoms with Crippen molar-refractivity contribution in [1.82, 2.24) is 5.32 Å². The molecule has 120 valence electrons. The number of rotatable bonds is 4. The van der Waals surface area contributed by atoms with Crippen LogP contribution in [-0.4, -0.2) is 30.5 Å². The highest BCUT2D eigenvalue weighted by molar-refractivity contribution is 5.95. The normalized spacial score (nSPS) is 20.2. The Morgan fingerprint density at radius 1 is 1.50 bits per heavy atom. The molecular formula is C15H21N3O4. The van der Waals surface area contributed by atoms with E-state index in [1.807, 2.05) is 13.8 Å². The molecule has 1 aliphatic heterocycles. The number of nitro groups is 1. The Labute approximate surface area is 129 Å². The molecule has 2 rings (SSSR count). The number of benzene rings is 1. The van der Waals surface area contributed by atoms with E-state index in [0.29, 0.717) is 5.69 Å². The van der Waals surface area contributed by atoms with Crippen LogP contribution in [0.1, 0.15) is 26.7 Å². The summed E-state index contributed by atoms with van der Waals surface area (Å²) in [5.74, 6) is -0.0108. The minimum Gasteiger partial charge on any atom is -0.490 e. The number of amides is 1. The maximum Gasteiger partial charge on any atom is 0.312 e. The first-order valence-corrected chi connectivity index (χ1v) is 7.22. The molecule has 0 aliphatic carbocycles. The van der Waals surface area contributed by atoms with Gasteiger partial charge in [0.15, 0.2) is 5.75 Å². The lowest BCUT2D eigenvalue weighted by Gasteiger charge is -2.38. The summed E-state index contributed by atoms with van der Waals surface area (Å²) in [6.45, 7) is 4.88. The van der Waals surface area contributed by atoms with Gasteiger partial charge in [-0.1, -0.05) is 13.8 Å². The summed E-state index contributed by atoms with van der Waals surface area (Å²) in [5.41, 5.74) is 0.0672. The molecule has 7 heteroatoms. The quantitative estimate of drug-likeness (QED) is 0.657. The Balaban J connectivity index is 2.18. The predicted molar refractivity (Wildman–Crippen MR) is 83.1 cm³/mol. The highest BCUT2D eigenvalue weighted by Crippen LogP contribution is 2.32. The molecule has 1 amide bonds. The summed E-state index contributed by atoms with van der Waals surface area (Å²) in [7, 11) is 1.37. The summed E-state index contributed by atoms with van der Waals surface area (Å²) in [5, 5.41) is 17.0. The van der Waals surface area contributed by atoms with Crippen LogP contribution in [-0.2, 0) is 4.79 Å². The fraction of sp³-hybridized carbons (Fsp3) is 0.533. The lowest BCUT2D eigenvalue weighted by atomic mass is 9.77. The summed E-state index contributed by atoms with van der Waals surface area (Å²) in [4.78, 5) is 22.9. The number of hydrogen-bond donors (Lipinski definition) is 2. The highest BCUT2D eigenvalue weighted by atomic mass is 16.6. The van der Waals surface area contributed by atoms with E-state index in [1.165, 1.54) is 19.2 Å². The van der Waals surface area contributed by atoms with Gasteiger partial charge in [-0.25, -0.2) is 0 Å². The third-order valence-corrected chi connectivity index (χ3v) is 4.03. The van der Waals surface area contributed by atoms with Crippen LogP contribution in [0.4, 0.5) is 11.4 Å². The van der Waals surface area contributed by atoms with Gasteiger partial charge in [0.25, 0.3) is 0 Å². The van der Waals surface area contributed by atoms with Crippen molar-refractivity contribution in [2.45, 2.75) is 32.7 Å². The molecule has 1 saturated heterocycles. The van der Waals surface area contributed by atoms with Crippen LogP contribution in [0, 0.1) is 15.5 Å². The van der Waals surface area contributed by atoms with Crippen molar-refractivity contribution in [1.29, 1.82) is 0 Å². The van der Waals surface area contributed by atoms with E-state index in [2.05, 4.69) is 10.6 Å². The van der Waals surface area contributed by atoms with Gasteiger partial charge in [0.1, 0.15) is 0 Å². The third kappa shape index (κ3) is 3.36. The minimum absolute atomic E-state index is 0.152. The molecule has 1 aromatic carbocycles. The van der Waals surface area contributed by atoms with Gasteiger partial charge in [0, 0.05) is 11.8 Å². The lowest BCUT2D eigenvalue weighted by molar-refractivity contribution is -0.385. The number of nitrogens with zero attached hydrogens (tertiary/aromatic N) is 1. The molecule has 1 aromatic rings. The first kappa shape index (κ1) is 16.2. The van der Waals surface area contributed by atoms with Gasteiger partial charge in [-0.05, 0) is 36.9 Å². The van der Waals surface area contributed by atoms with E-state index >= 15 is 0 Å². The molecule has 1 heterocycles. The van der Waals surface area contributed by atoms with E-state index in [0.717, 1.165) is 19.4 Å². The number of piperidine rings is 1. The molecule has 0 radical (unpaired) electrons. The first-order valence-electron chi connectivity index (χ1n) is 7.22. The summed E-state index contributed by atoms with van der Waals surface area (Å²) < 4.78 is 4.95. The number of methoxy groups -OCH3 is 1. The van der Waals surface area contributed by atoms with Crippen LogP contribution >= 0.6 is 0 Å². The van der Waals surface area contributed by atoms with Crippen molar-refractivity contribution < 1.29 is 14.5 Å². The molecule has 2 N–H and O–H groups in total. The first-order chi connectivity index (χ1) is 10.3. The van der Waals surface area contributed by atoms with Crippen LogP contribution in [0.5, 0.6) is 5.75 Å². The number of hydrogen-bond acceptors (Lipinski definition) is 5. The van der Waals surface area contributed by atoms with E-state index in [-0.39, 0.29) is 28.8 Å². The Morgan fingerprint density at radius 2 is 2.23 bits per heavy atom. The SMILES string of the molecule is COc1ccc(NC(=O)C2NCCCC2(C)C)cc1[N+](=O)[O-]. The average Bonchev–Trinajstić information content (AvgIpc) is 2.46. The Bertz CT molecular complexity index is 586. The maximum absolute atomic E-state index is 12.4. The summed E-state index contributed by atoms with van der Waals surface area (Å²) >= 11 is 0.